The molecule has 0 radical (unpaired) electrons. The molecule has 0 saturated carbocycles. The van der Waals surface area contributed by atoms with Gasteiger partial charge >= 0.3 is 12.4 Å². The molecule has 1 atom stereocenters. The van der Waals surface area contributed by atoms with Gasteiger partial charge in [-0.05, 0) is 97.7 Å². The average molecular weight is 691 g/mol. The summed E-state index contributed by atoms with van der Waals surface area (Å²) in [4.78, 5) is 24.6. The van der Waals surface area contributed by atoms with Crippen LogP contribution in [0.4, 0.5) is 23.7 Å². The van der Waals surface area contributed by atoms with E-state index in [1.165, 1.54) is 35.3 Å². The summed E-state index contributed by atoms with van der Waals surface area (Å²) in [5.74, 6) is 2.09. The number of benzene rings is 3. The van der Waals surface area contributed by atoms with E-state index in [9.17, 15) is 18.0 Å². The molecule has 49 heavy (non-hydrogen) atoms. The highest BCUT2D eigenvalue weighted by Crippen LogP contribution is 2.37. The highest BCUT2D eigenvalue weighted by Gasteiger charge is 2.31. The fraction of sp³-hybridized carbons (Fsp3) is 0.333. The van der Waals surface area contributed by atoms with Crippen LogP contribution in [0.2, 0.25) is 0 Å². The number of carbonyl (C=O) groups is 1. The first-order chi connectivity index (χ1) is 23.5. The Morgan fingerprint density at radius 3 is 2.43 bits per heavy atom. The summed E-state index contributed by atoms with van der Waals surface area (Å²) in [6.07, 6.45) is 0.216. The molecule has 1 aromatic heterocycles. The summed E-state index contributed by atoms with van der Waals surface area (Å²) in [6.45, 7) is 6.46. The number of nitrogens with zero attached hydrogens (tertiary/aromatic N) is 5. The smallest absolute Gasteiger partial charge is 0.497 e. The highest BCUT2D eigenvalue weighted by molar-refractivity contribution is 8.14. The molecule has 2 aliphatic rings. The van der Waals surface area contributed by atoms with Crippen LogP contribution in [0.5, 0.6) is 11.5 Å². The van der Waals surface area contributed by atoms with E-state index in [0.29, 0.717) is 16.7 Å². The second kappa shape index (κ2) is 14.4. The summed E-state index contributed by atoms with van der Waals surface area (Å²) in [6, 6.07) is 19.1. The molecular weight excluding hydrogens is 653 g/mol. The highest BCUT2D eigenvalue weighted by atomic mass is 32.2. The van der Waals surface area contributed by atoms with Crippen molar-refractivity contribution in [3.63, 3.8) is 0 Å². The van der Waals surface area contributed by atoms with Gasteiger partial charge in [-0.25, -0.2) is 14.5 Å². The average Bonchev–Trinajstić information content (AvgIpc) is 3.75. The van der Waals surface area contributed by atoms with Crippen LogP contribution >= 0.6 is 11.8 Å². The first-order valence-electron chi connectivity index (χ1n) is 16.1. The molecule has 2 amide bonds. The SMILES string of the molecule is COc1ccc(N2/C(=N/C(=O)NC3=C(c4ccc(-c5ncn(-c6ccc(OC(F)(F)F)cc6)n5)cc4)CCC3)SCCC2C)c(C(C)C)c1. The van der Waals surface area contributed by atoms with Gasteiger partial charge in [-0.1, -0.05) is 49.9 Å². The lowest BCUT2D eigenvalue weighted by atomic mass is 9.99. The van der Waals surface area contributed by atoms with E-state index in [-0.39, 0.29) is 23.7 Å². The van der Waals surface area contributed by atoms with E-state index in [1.54, 1.807) is 18.9 Å². The number of hydrogen-bond donors (Lipinski definition) is 1. The topological polar surface area (TPSA) is 93.9 Å². The molecule has 1 aliphatic carbocycles. The quantitative estimate of drug-likeness (QED) is 0.197. The van der Waals surface area contributed by atoms with Gasteiger partial charge in [0.2, 0.25) is 0 Å². The van der Waals surface area contributed by atoms with Crippen molar-refractivity contribution in [1.82, 2.24) is 20.1 Å². The van der Waals surface area contributed by atoms with E-state index >= 15 is 0 Å². The maximum atomic E-state index is 13.4. The number of thioether (sulfide) groups is 1. The summed E-state index contributed by atoms with van der Waals surface area (Å²) in [7, 11) is 1.66. The number of alkyl halides is 3. The van der Waals surface area contributed by atoms with Crippen molar-refractivity contribution in [3.05, 3.63) is 89.9 Å². The summed E-state index contributed by atoms with van der Waals surface area (Å²) in [5.41, 5.74) is 6.42. The van der Waals surface area contributed by atoms with Gasteiger partial charge in [0.15, 0.2) is 11.0 Å². The van der Waals surface area contributed by atoms with Gasteiger partial charge < -0.3 is 19.7 Å². The van der Waals surface area contributed by atoms with Crippen LogP contribution in [0.15, 0.2) is 83.7 Å². The van der Waals surface area contributed by atoms with Crippen LogP contribution in [0.3, 0.4) is 0 Å². The third kappa shape index (κ3) is 7.93. The third-order valence-corrected chi connectivity index (χ3v) is 9.51. The molecule has 3 aromatic carbocycles. The summed E-state index contributed by atoms with van der Waals surface area (Å²) < 4.78 is 48.4. The van der Waals surface area contributed by atoms with Gasteiger partial charge in [-0.3, -0.25) is 0 Å². The van der Waals surface area contributed by atoms with Crippen molar-refractivity contribution in [2.24, 2.45) is 4.99 Å². The lowest BCUT2D eigenvalue weighted by molar-refractivity contribution is -0.274. The van der Waals surface area contributed by atoms with E-state index in [2.05, 4.69) is 62.9 Å². The standard InChI is InChI=1S/C36H37F3N6O3S/c1-22(2)30-20-28(47-4)16-17-32(30)45-23(3)18-19-49-35(45)42-34(46)41-31-7-5-6-29(31)24-8-10-25(11-9-24)33-40-21-44(43-33)26-12-14-27(15-13-26)48-36(37,38)39/h8-17,20-23H,5-7,18-19H2,1-4H3,(H,41,46)/b42-35-. The number of hydrogen-bond acceptors (Lipinski definition) is 6. The Kier molecular flexibility index (Phi) is 10.00. The molecule has 6 rings (SSSR count). The number of amidine groups is 1. The molecule has 1 N–H and O–H groups in total. The maximum Gasteiger partial charge on any atom is 0.573 e. The number of halogens is 3. The van der Waals surface area contributed by atoms with Crippen molar-refractivity contribution in [3.8, 4) is 28.6 Å². The Hall–Kier alpha value is -4.78. The van der Waals surface area contributed by atoms with E-state index in [0.717, 1.165) is 70.8 Å². The van der Waals surface area contributed by atoms with Gasteiger partial charge in [0.1, 0.15) is 17.8 Å². The third-order valence-electron chi connectivity index (χ3n) is 8.52. The fourth-order valence-corrected chi connectivity index (χ4v) is 7.27. The molecule has 2 heterocycles. The second-order valence-corrected chi connectivity index (χ2v) is 13.3. The second-order valence-electron chi connectivity index (χ2n) is 12.2. The number of ether oxygens (including phenoxy) is 2. The van der Waals surface area contributed by atoms with E-state index in [4.69, 9.17) is 4.74 Å². The minimum absolute atomic E-state index is 0.178. The Balaban J connectivity index is 1.18. The Morgan fingerprint density at radius 2 is 1.73 bits per heavy atom. The molecule has 0 bridgehead atoms. The molecule has 1 aliphatic heterocycles. The van der Waals surface area contributed by atoms with Gasteiger partial charge in [-0.15, -0.1) is 18.3 Å². The maximum absolute atomic E-state index is 13.4. The predicted molar refractivity (Wildman–Crippen MR) is 186 cm³/mol. The number of methoxy groups -OCH3 is 1. The van der Waals surface area contributed by atoms with E-state index < -0.39 is 6.36 Å². The number of carbonyl (C=O) groups excluding carboxylic acids is 1. The molecule has 1 unspecified atom stereocenters. The van der Waals surface area contributed by atoms with Crippen molar-refractivity contribution in [2.75, 3.05) is 17.8 Å². The molecule has 1 saturated heterocycles. The predicted octanol–water partition coefficient (Wildman–Crippen LogP) is 8.96. The number of aliphatic imine (C=N–C) groups is 1. The zero-order valence-electron chi connectivity index (χ0n) is 27.6. The Bertz CT molecular complexity index is 1870. The van der Waals surface area contributed by atoms with Crippen LogP contribution in [-0.2, 0) is 0 Å². The van der Waals surface area contributed by atoms with Gasteiger partial charge in [0, 0.05) is 28.7 Å². The van der Waals surface area contributed by atoms with Crippen LogP contribution in [-0.4, -0.2) is 51.2 Å². The number of nitrogens with one attached hydrogen (secondary N) is 1. The van der Waals surface area contributed by atoms with Crippen molar-refractivity contribution >= 4 is 34.2 Å². The number of rotatable bonds is 8. The number of amides is 2. The molecule has 0 spiro atoms. The first kappa shape index (κ1) is 34.1. The zero-order chi connectivity index (χ0) is 34.7. The summed E-state index contributed by atoms with van der Waals surface area (Å²) >= 11 is 1.59. The van der Waals surface area contributed by atoms with Gasteiger partial charge in [-0.2, -0.15) is 4.99 Å². The van der Waals surface area contributed by atoms with Crippen LogP contribution < -0.4 is 19.7 Å². The monoisotopic (exact) mass is 690 g/mol. The molecule has 9 nitrogen and oxygen atoms in total. The number of urea groups is 1. The normalized spacial score (nSPS) is 17.6. The van der Waals surface area contributed by atoms with Crippen LogP contribution in [0.25, 0.3) is 22.6 Å². The molecule has 13 heteroatoms. The Labute approximate surface area is 287 Å². The van der Waals surface area contributed by atoms with Crippen LogP contribution in [0, 0.1) is 0 Å². The van der Waals surface area contributed by atoms with Crippen molar-refractivity contribution in [1.29, 1.82) is 0 Å². The molecular formula is C36H37F3N6O3S. The molecule has 256 valence electrons. The van der Waals surface area contributed by atoms with Crippen molar-refractivity contribution < 1.29 is 27.4 Å². The van der Waals surface area contributed by atoms with E-state index in [1.807, 2.05) is 30.3 Å². The minimum atomic E-state index is -4.76. The minimum Gasteiger partial charge on any atom is -0.497 e. The Morgan fingerprint density at radius 1 is 1.02 bits per heavy atom. The fourth-order valence-electron chi connectivity index (χ4n) is 6.06. The van der Waals surface area contributed by atoms with Crippen LogP contribution in [0.1, 0.15) is 63.5 Å². The summed E-state index contributed by atoms with van der Waals surface area (Å²) in [5, 5.41) is 8.28. The number of aromatic nitrogens is 3. The zero-order valence-corrected chi connectivity index (χ0v) is 28.4. The molecule has 4 aromatic rings. The lowest BCUT2D eigenvalue weighted by Crippen LogP contribution is -2.42. The van der Waals surface area contributed by atoms with Gasteiger partial charge in [0.05, 0.1) is 12.8 Å². The molecule has 1 fully saturated rings. The number of anilines is 1. The van der Waals surface area contributed by atoms with Gasteiger partial charge in [0.25, 0.3) is 0 Å². The number of allylic oxidation sites excluding steroid dienone is 2. The first-order valence-corrected chi connectivity index (χ1v) is 17.1. The largest absolute Gasteiger partial charge is 0.573 e. The van der Waals surface area contributed by atoms with Crippen molar-refractivity contribution in [2.45, 2.75) is 64.8 Å². The lowest BCUT2D eigenvalue weighted by Gasteiger charge is -2.37.